The number of hydrogen-bond acceptors (Lipinski definition) is 6. The zero-order chi connectivity index (χ0) is 17.9. The number of methoxy groups -OCH3 is 1. The quantitative estimate of drug-likeness (QED) is 0.842. The van der Waals surface area contributed by atoms with Gasteiger partial charge in [0, 0.05) is 26.2 Å². The van der Waals surface area contributed by atoms with E-state index in [1.807, 2.05) is 6.07 Å². The summed E-state index contributed by atoms with van der Waals surface area (Å²) in [6.07, 6.45) is 5.61. The van der Waals surface area contributed by atoms with Crippen molar-refractivity contribution in [3.05, 3.63) is 35.1 Å². The number of nitrogens with zero attached hydrogens (tertiary/aromatic N) is 5. The summed E-state index contributed by atoms with van der Waals surface area (Å²) in [5, 5.41) is 0. The number of hydrogen-bond donors (Lipinski definition) is 0. The molecule has 0 spiro atoms. The first-order valence-electron chi connectivity index (χ1n) is 9.30. The van der Waals surface area contributed by atoms with E-state index in [1.54, 1.807) is 13.2 Å². The number of fused-ring (bicyclic) bond motifs is 1. The molecule has 0 amide bonds. The molecule has 0 bridgehead atoms. The first-order chi connectivity index (χ1) is 12.7. The van der Waals surface area contributed by atoms with Crippen LogP contribution in [0, 0.1) is 5.82 Å². The summed E-state index contributed by atoms with van der Waals surface area (Å²) >= 11 is 0. The van der Waals surface area contributed by atoms with E-state index in [1.165, 1.54) is 18.9 Å². The normalized spacial score (nSPS) is 17.6. The second-order valence-electron chi connectivity index (χ2n) is 6.91. The second-order valence-corrected chi connectivity index (χ2v) is 6.91. The molecule has 4 rings (SSSR count). The SMILES string of the molecule is COc1nc(N2CCCCCC2)nc(N2CCc3cc(F)ccc3C2)n1. The predicted molar refractivity (Wildman–Crippen MR) is 98.2 cm³/mol. The Hall–Kier alpha value is -2.44. The smallest absolute Gasteiger partial charge is 0.322 e. The lowest BCUT2D eigenvalue weighted by Crippen LogP contribution is -2.33. The van der Waals surface area contributed by atoms with Crippen LogP contribution in [0.3, 0.4) is 0 Å². The average molecular weight is 357 g/mol. The molecular weight excluding hydrogens is 333 g/mol. The fourth-order valence-corrected chi connectivity index (χ4v) is 3.67. The summed E-state index contributed by atoms with van der Waals surface area (Å²) in [5.74, 6) is 1.15. The van der Waals surface area contributed by atoms with Crippen LogP contribution in [0.2, 0.25) is 0 Å². The van der Waals surface area contributed by atoms with E-state index < -0.39 is 0 Å². The van der Waals surface area contributed by atoms with Gasteiger partial charge in [0.2, 0.25) is 11.9 Å². The summed E-state index contributed by atoms with van der Waals surface area (Å²) in [6, 6.07) is 5.34. The Kier molecular flexibility index (Phi) is 4.86. The third-order valence-corrected chi connectivity index (χ3v) is 5.13. The molecule has 0 aliphatic carbocycles. The molecule has 138 valence electrons. The molecule has 3 heterocycles. The van der Waals surface area contributed by atoms with E-state index in [0.29, 0.717) is 24.5 Å². The molecule has 2 aliphatic rings. The number of ether oxygens (including phenoxy) is 1. The maximum Gasteiger partial charge on any atom is 0.322 e. The van der Waals surface area contributed by atoms with Crippen molar-refractivity contribution in [2.75, 3.05) is 36.5 Å². The molecular formula is C19H24FN5O. The number of halogens is 1. The number of rotatable bonds is 3. The summed E-state index contributed by atoms with van der Waals surface area (Å²) in [4.78, 5) is 18.0. The molecule has 7 heteroatoms. The van der Waals surface area contributed by atoms with Crippen LogP contribution < -0.4 is 14.5 Å². The Morgan fingerprint density at radius 2 is 1.62 bits per heavy atom. The van der Waals surface area contributed by atoms with E-state index in [4.69, 9.17) is 9.72 Å². The molecule has 2 aliphatic heterocycles. The van der Waals surface area contributed by atoms with Crippen molar-refractivity contribution in [3.63, 3.8) is 0 Å². The highest BCUT2D eigenvalue weighted by molar-refractivity contribution is 5.44. The van der Waals surface area contributed by atoms with Crippen molar-refractivity contribution < 1.29 is 9.13 Å². The van der Waals surface area contributed by atoms with Crippen LogP contribution in [0.4, 0.5) is 16.3 Å². The number of anilines is 2. The highest BCUT2D eigenvalue weighted by Gasteiger charge is 2.22. The summed E-state index contributed by atoms with van der Waals surface area (Å²) < 4.78 is 18.8. The predicted octanol–water partition coefficient (Wildman–Crippen LogP) is 2.96. The molecule has 1 aromatic heterocycles. The van der Waals surface area contributed by atoms with Crippen LogP contribution in [-0.2, 0) is 13.0 Å². The minimum Gasteiger partial charge on any atom is -0.467 e. The molecule has 0 atom stereocenters. The van der Waals surface area contributed by atoms with Gasteiger partial charge in [-0.2, -0.15) is 15.0 Å². The molecule has 26 heavy (non-hydrogen) atoms. The lowest BCUT2D eigenvalue weighted by Gasteiger charge is -2.30. The fraction of sp³-hybridized carbons (Fsp3) is 0.526. The Labute approximate surface area is 153 Å². The molecule has 0 N–H and O–H groups in total. The third-order valence-electron chi connectivity index (χ3n) is 5.13. The van der Waals surface area contributed by atoms with Crippen LogP contribution in [0.1, 0.15) is 36.8 Å². The maximum absolute atomic E-state index is 13.4. The Morgan fingerprint density at radius 1 is 0.885 bits per heavy atom. The molecule has 6 nitrogen and oxygen atoms in total. The first kappa shape index (κ1) is 17.0. The first-order valence-corrected chi connectivity index (χ1v) is 9.30. The van der Waals surface area contributed by atoms with Gasteiger partial charge in [-0.05, 0) is 42.5 Å². The van der Waals surface area contributed by atoms with E-state index in [-0.39, 0.29) is 5.82 Å². The van der Waals surface area contributed by atoms with E-state index in [0.717, 1.165) is 50.0 Å². The fourth-order valence-electron chi connectivity index (χ4n) is 3.67. The van der Waals surface area contributed by atoms with Crippen molar-refractivity contribution in [1.82, 2.24) is 15.0 Å². The lowest BCUT2D eigenvalue weighted by molar-refractivity contribution is 0.377. The van der Waals surface area contributed by atoms with Crippen molar-refractivity contribution in [2.45, 2.75) is 38.6 Å². The van der Waals surface area contributed by atoms with Gasteiger partial charge in [0.05, 0.1) is 7.11 Å². The topological polar surface area (TPSA) is 54.4 Å². The van der Waals surface area contributed by atoms with Crippen molar-refractivity contribution >= 4 is 11.9 Å². The molecule has 1 fully saturated rings. The standard InChI is InChI=1S/C19H24FN5O/c1-26-19-22-17(24-9-4-2-3-5-10-24)21-18(23-19)25-11-8-14-12-16(20)7-6-15(14)13-25/h6-7,12H,2-5,8-11,13H2,1H3. The monoisotopic (exact) mass is 357 g/mol. The van der Waals surface area contributed by atoms with Crippen molar-refractivity contribution in [3.8, 4) is 6.01 Å². The van der Waals surface area contributed by atoms with Gasteiger partial charge < -0.3 is 14.5 Å². The Morgan fingerprint density at radius 3 is 2.35 bits per heavy atom. The molecule has 2 aromatic rings. The minimum absolute atomic E-state index is 0.178. The third kappa shape index (κ3) is 3.57. The van der Waals surface area contributed by atoms with Crippen LogP contribution in [0.15, 0.2) is 18.2 Å². The largest absolute Gasteiger partial charge is 0.467 e. The molecule has 0 unspecified atom stereocenters. The summed E-state index contributed by atoms with van der Waals surface area (Å²) in [6.45, 7) is 3.36. The van der Waals surface area contributed by atoms with Gasteiger partial charge in [0.1, 0.15) is 5.82 Å². The maximum atomic E-state index is 13.4. The zero-order valence-electron chi connectivity index (χ0n) is 15.1. The van der Waals surface area contributed by atoms with Gasteiger partial charge in [-0.1, -0.05) is 18.9 Å². The highest BCUT2D eigenvalue weighted by Crippen LogP contribution is 2.26. The van der Waals surface area contributed by atoms with Gasteiger partial charge in [0.15, 0.2) is 0 Å². The molecule has 0 saturated carbocycles. The Bertz CT molecular complexity index is 777. The molecule has 1 aromatic carbocycles. The van der Waals surface area contributed by atoms with E-state index in [2.05, 4.69) is 19.8 Å². The van der Waals surface area contributed by atoms with Crippen LogP contribution >= 0.6 is 0 Å². The second kappa shape index (κ2) is 7.43. The van der Waals surface area contributed by atoms with Gasteiger partial charge in [0.25, 0.3) is 0 Å². The summed E-state index contributed by atoms with van der Waals surface area (Å²) in [7, 11) is 1.58. The molecule has 1 saturated heterocycles. The van der Waals surface area contributed by atoms with Crippen LogP contribution in [-0.4, -0.2) is 41.7 Å². The van der Waals surface area contributed by atoms with Crippen LogP contribution in [0.25, 0.3) is 0 Å². The minimum atomic E-state index is -0.178. The number of aromatic nitrogens is 3. The van der Waals surface area contributed by atoms with Gasteiger partial charge in [-0.15, -0.1) is 0 Å². The van der Waals surface area contributed by atoms with E-state index >= 15 is 0 Å². The van der Waals surface area contributed by atoms with Crippen molar-refractivity contribution in [1.29, 1.82) is 0 Å². The molecule has 0 radical (unpaired) electrons. The van der Waals surface area contributed by atoms with Gasteiger partial charge in [-0.3, -0.25) is 0 Å². The van der Waals surface area contributed by atoms with Gasteiger partial charge in [-0.25, -0.2) is 4.39 Å². The Balaban J connectivity index is 1.61. The number of benzene rings is 1. The van der Waals surface area contributed by atoms with Crippen LogP contribution in [0.5, 0.6) is 6.01 Å². The van der Waals surface area contributed by atoms with Crippen molar-refractivity contribution in [2.24, 2.45) is 0 Å². The highest BCUT2D eigenvalue weighted by atomic mass is 19.1. The average Bonchev–Trinajstić information content (AvgIpc) is 2.96. The van der Waals surface area contributed by atoms with E-state index in [9.17, 15) is 4.39 Å². The zero-order valence-corrected chi connectivity index (χ0v) is 15.1. The summed E-state index contributed by atoms with van der Waals surface area (Å²) in [5.41, 5.74) is 2.18. The lowest BCUT2D eigenvalue weighted by atomic mass is 10.00. The van der Waals surface area contributed by atoms with Gasteiger partial charge >= 0.3 is 6.01 Å².